The molecule has 33 heavy (non-hydrogen) atoms. The van der Waals surface area contributed by atoms with Crippen LogP contribution in [0.25, 0.3) is 12.2 Å². The normalized spacial score (nSPS) is 15.3. The number of hydrogen-bond donors (Lipinski definition) is 2. The van der Waals surface area contributed by atoms with Crippen molar-refractivity contribution in [1.82, 2.24) is 20.3 Å². The Morgan fingerprint density at radius 1 is 0.970 bits per heavy atom. The van der Waals surface area contributed by atoms with Gasteiger partial charge in [-0.2, -0.15) is 5.10 Å². The Hall–Kier alpha value is -3.16. The van der Waals surface area contributed by atoms with Crippen molar-refractivity contribution in [1.29, 1.82) is 0 Å². The van der Waals surface area contributed by atoms with E-state index in [1.54, 1.807) is 13.3 Å². The third-order valence-corrected chi connectivity index (χ3v) is 6.88. The molecular weight excluding hydrogens is 428 g/mol. The molecule has 0 radical (unpaired) electrons. The van der Waals surface area contributed by atoms with Gasteiger partial charge in [-0.15, -0.1) is 11.8 Å². The summed E-state index contributed by atoms with van der Waals surface area (Å²) in [6, 6.07) is 16.6. The lowest BCUT2D eigenvalue weighted by atomic mass is 10.1. The van der Waals surface area contributed by atoms with Gasteiger partial charge in [0, 0.05) is 46.4 Å². The van der Waals surface area contributed by atoms with Crippen LogP contribution in [0.2, 0.25) is 0 Å². The number of hydrogen-bond acceptors (Lipinski definition) is 7. The molecular formula is C26H30N6S. The van der Waals surface area contributed by atoms with Crippen molar-refractivity contribution >= 4 is 41.8 Å². The van der Waals surface area contributed by atoms with Gasteiger partial charge in [0.05, 0.1) is 6.21 Å². The number of likely N-dealkylation sites (tertiary alicyclic amines) is 1. The molecule has 0 saturated carbocycles. The van der Waals surface area contributed by atoms with Crippen LogP contribution >= 0.6 is 11.8 Å². The Morgan fingerprint density at radius 2 is 1.67 bits per heavy atom. The molecule has 0 aliphatic carbocycles. The Kier molecular flexibility index (Phi) is 8.11. The van der Waals surface area contributed by atoms with Gasteiger partial charge in [-0.05, 0) is 62.8 Å². The van der Waals surface area contributed by atoms with Gasteiger partial charge < -0.3 is 15.6 Å². The van der Waals surface area contributed by atoms with Crippen molar-refractivity contribution in [3.8, 4) is 0 Å². The summed E-state index contributed by atoms with van der Waals surface area (Å²) in [4.78, 5) is 12.6. The van der Waals surface area contributed by atoms with Crippen molar-refractivity contribution in [3.63, 3.8) is 0 Å². The SMILES string of the molecule is CN/N=C\c1ccccc1/C=C/c1cnc(Nc2ccc(SC3CCN(C)CC3)cc2)nc1. The highest BCUT2D eigenvalue weighted by Gasteiger charge is 2.17. The maximum atomic E-state index is 4.46. The molecule has 1 aliphatic heterocycles. The van der Waals surface area contributed by atoms with Crippen molar-refractivity contribution in [2.75, 3.05) is 32.5 Å². The quantitative estimate of drug-likeness (QED) is 0.360. The fourth-order valence-electron chi connectivity index (χ4n) is 3.63. The number of piperidine rings is 1. The minimum atomic E-state index is 0.587. The van der Waals surface area contributed by atoms with E-state index in [-0.39, 0.29) is 0 Å². The molecule has 2 N–H and O–H groups in total. The van der Waals surface area contributed by atoms with E-state index >= 15 is 0 Å². The van der Waals surface area contributed by atoms with E-state index in [2.05, 4.69) is 68.1 Å². The van der Waals surface area contributed by atoms with Gasteiger partial charge in [0.25, 0.3) is 0 Å². The van der Waals surface area contributed by atoms with E-state index in [9.17, 15) is 0 Å². The molecule has 4 rings (SSSR count). The van der Waals surface area contributed by atoms with Gasteiger partial charge in [0.15, 0.2) is 0 Å². The van der Waals surface area contributed by atoms with Gasteiger partial charge in [-0.25, -0.2) is 9.97 Å². The van der Waals surface area contributed by atoms with Gasteiger partial charge in [-0.3, -0.25) is 0 Å². The van der Waals surface area contributed by atoms with E-state index < -0.39 is 0 Å². The van der Waals surface area contributed by atoms with Crippen LogP contribution < -0.4 is 10.7 Å². The zero-order chi connectivity index (χ0) is 22.9. The summed E-state index contributed by atoms with van der Waals surface area (Å²) in [5, 5.41) is 8.10. The molecule has 1 fully saturated rings. The Balaban J connectivity index is 1.33. The third-order valence-electron chi connectivity index (χ3n) is 5.53. The lowest BCUT2D eigenvalue weighted by molar-refractivity contribution is 0.282. The fourth-order valence-corrected chi connectivity index (χ4v) is 4.75. The largest absolute Gasteiger partial charge is 0.324 e. The number of thioether (sulfide) groups is 1. The molecule has 0 spiro atoms. The minimum absolute atomic E-state index is 0.587. The second kappa shape index (κ2) is 11.6. The zero-order valence-corrected chi connectivity index (χ0v) is 19.9. The number of nitrogens with one attached hydrogen (secondary N) is 2. The van der Waals surface area contributed by atoms with Crippen LogP contribution in [0.15, 0.2) is 70.9 Å². The van der Waals surface area contributed by atoms with Crippen LogP contribution in [-0.2, 0) is 0 Å². The van der Waals surface area contributed by atoms with Crippen LogP contribution in [0.3, 0.4) is 0 Å². The number of nitrogens with zero attached hydrogens (tertiary/aromatic N) is 4. The average Bonchev–Trinajstić information content (AvgIpc) is 2.85. The van der Waals surface area contributed by atoms with Crippen molar-refractivity contribution in [2.45, 2.75) is 23.0 Å². The summed E-state index contributed by atoms with van der Waals surface area (Å²) in [6.45, 7) is 2.38. The predicted octanol–water partition coefficient (Wildman–Crippen LogP) is 5.13. The van der Waals surface area contributed by atoms with Gasteiger partial charge in [0.2, 0.25) is 5.95 Å². The number of hydrazone groups is 1. The van der Waals surface area contributed by atoms with Gasteiger partial charge >= 0.3 is 0 Å². The van der Waals surface area contributed by atoms with E-state index in [1.807, 2.05) is 54.5 Å². The molecule has 2 aromatic carbocycles. The van der Waals surface area contributed by atoms with Crippen LogP contribution in [0.1, 0.15) is 29.5 Å². The predicted molar refractivity (Wildman–Crippen MR) is 140 cm³/mol. The second-order valence-corrected chi connectivity index (χ2v) is 9.43. The first kappa shape index (κ1) is 23.0. The van der Waals surface area contributed by atoms with E-state index in [0.717, 1.165) is 22.4 Å². The highest BCUT2D eigenvalue weighted by atomic mass is 32.2. The molecule has 0 amide bonds. The molecule has 0 unspecified atom stereocenters. The van der Waals surface area contributed by atoms with Gasteiger partial charge in [0.1, 0.15) is 0 Å². The summed E-state index contributed by atoms with van der Waals surface area (Å²) in [7, 11) is 3.98. The average molecular weight is 459 g/mol. The maximum absolute atomic E-state index is 4.46. The fraction of sp³-hybridized carbons (Fsp3) is 0.269. The third kappa shape index (κ3) is 6.91. The summed E-state index contributed by atoms with van der Waals surface area (Å²) < 4.78 is 0. The topological polar surface area (TPSA) is 65.4 Å². The minimum Gasteiger partial charge on any atom is -0.324 e. The highest BCUT2D eigenvalue weighted by molar-refractivity contribution is 8.00. The molecule has 1 aromatic heterocycles. The molecule has 170 valence electrons. The van der Waals surface area contributed by atoms with Gasteiger partial charge in [-0.1, -0.05) is 36.4 Å². The summed E-state index contributed by atoms with van der Waals surface area (Å²) in [5.41, 5.74) is 6.83. The molecule has 0 atom stereocenters. The van der Waals surface area contributed by atoms with E-state index in [1.165, 1.54) is 30.8 Å². The lowest BCUT2D eigenvalue weighted by Gasteiger charge is -2.28. The summed E-state index contributed by atoms with van der Waals surface area (Å²) >= 11 is 1.99. The van der Waals surface area contributed by atoms with E-state index in [0.29, 0.717) is 11.2 Å². The Morgan fingerprint density at radius 3 is 2.36 bits per heavy atom. The summed E-state index contributed by atoms with van der Waals surface area (Å²) in [6.07, 6.45) is 12.0. The smallest absolute Gasteiger partial charge is 0.227 e. The molecule has 7 heteroatoms. The molecule has 0 bridgehead atoms. The zero-order valence-electron chi connectivity index (χ0n) is 19.1. The van der Waals surface area contributed by atoms with Crippen LogP contribution in [0.5, 0.6) is 0 Å². The lowest BCUT2D eigenvalue weighted by Crippen LogP contribution is -2.31. The van der Waals surface area contributed by atoms with Crippen LogP contribution in [0, 0.1) is 0 Å². The Labute approximate surface area is 200 Å². The van der Waals surface area contributed by atoms with Crippen molar-refractivity contribution < 1.29 is 0 Å². The standard InChI is InChI=1S/C26H30N6S/c1-27-30-19-22-6-4-3-5-21(22)8-7-20-17-28-26(29-18-20)31-23-9-11-24(12-10-23)33-25-13-15-32(2)16-14-25/h3-12,17-19,25,27H,13-16H2,1-2H3,(H,28,29,31)/b8-7+,30-19-. The highest BCUT2D eigenvalue weighted by Crippen LogP contribution is 2.31. The first-order valence-electron chi connectivity index (χ1n) is 11.2. The molecule has 6 nitrogen and oxygen atoms in total. The summed E-state index contributed by atoms with van der Waals surface area (Å²) in [5.74, 6) is 0.587. The molecule has 2 heterocycles. The molecule has 3 aromatic rings. The molecule has 1 aliphatic rings. The maximum Gasteiger partial charge on any atom is 0.227 e. The number of rotatable bonds is 8. The van der Waals surface area contributed by atoms with E-state index in [4.69, 9.17) is 0 Å². The van der Waals surface area contributed by atoms with Crippen LogP contribution in [0.4, 0.5) is 11.6 Å². The monoisotopic (exact) mass is 458 g/mol. The number of aromatic nitrogens is 2. The molecule has 1 saturated heterocycles. The first-order chi connectivity index (χ1) is 16.2. The van der Waals surface area contributed by atoms with Crippen LogP contribution in [-0.4, -0.2) is 53.5 Å². The van der Waals surface area contributed by atoms with Crippen molar-refractivity contribution in [3.05, 3.63) is 77.6 Å². The van der Waals surface area contributed by atoms with Crippen molar-refractivity contribution in [2.24, 2.45) is 5.10 Å². The second-order valence-electron chi connectivity index (χ2n) is 8.05. The first-order valence-corrected chi connectivity index (χ1v) is 12.1. The Bertz CT molecular complexity index is 1070. The number of anilines is 2. The number of benzene rings is 2.